The summed E-state index contributed by atoms with van der Waals surface area (Å²) < 4.78 is 0. The van der Waals surface area contributed by atoms with Gasteiger partial charge in [0, 0.05) is 24.7 Å². The van der Waals surface area contributed by atoms with Gasteiger partial charge in [0.25, 0.3) is 0 Å². The lowest BCUT2D eigenvalue weighted by Crippen LogP contribution is -2.40. The molecule has 0 radical (unpaired) electrons. The number of rotatable bonds is 0. The third-order valence-electron chi connectivity index (χ3n) is 2.92. The molecule has 0 amide bonds. The summed E-state index contributed by atoms with van der Waals surface area (Å²) in [6.45, 7) is 0. The fourth-order valence-electron chi connectivity index (χ4n) is 2.12. The van der Waals surface area contributed by atoms with E-state index < -0.39 is 0 Å². The fraction of sp³-hybridized carbons (Fsp3) is 0.778. The van der Waals surface area contributed by atoms with Gasteiger partial charge in [-0.15, -0.1) is 0 Å². The molecular formula is C9H12O2. The number of Topliss-reactive ketones (excluding diaryl/α,β-unsaturated/α-hetero) is 2. The second-order valence-corrected chi connectivity index (χ2v) is 3.60. The summed E-state index contributed by atoms with van der Waals surface area (Å²) in [5.41, 5.74) is 0. The highest BCUT2D eigenvalue weighted by atomic mass is 16.1. The van der Waals surface area contributed by atoms with Crippen molar-refractivity contribution in [3.05, 3.63) is 0 Å². The van der Waals surface area contributed by atoms with E-state index in [9.17, 15) is 9.59 Å². The summed E-state index contributed by atoms with van der Waals surface area (Å²) in [4.78, 5) is 22.3. The number of hydrogen-bond acceptors (Lipinski definition) is 2. The Morgan fingerprint density at radius 2 is 1.82 bits per heavy atom. The molecular weight excluding hydrogens is 140 g/mol. The van der Waals surface area contributed by atoms with Crippen LogP contribution < -0.4 is 0 Å². The SMILES string of the molecule is O=C1CC2C(=O)CCCCC12. The molecule has 0 aromatic rings. The molecule has 2 unspecified atom stereocenters. The fourth-order valence-corrected chi connectivity index (χ4v) is 2.12. The Kier molecular flexibility index (Phi) is 1.55. The first-order valence-corrected chi connectivity index (χ1v) is 4.34. The predicted molar refractivity (Wildman–Crippen MR) is 40.1 cm³/mol. The highest BCUT2D eigenvalue weighted by Crippen LogP contribution is 2.38. The van der Waals surface area contributed by atoms with Gasteiger partial charge < -0.3 is 0 Å². The molecule has 0 bridgehead atoms. The van der Waals surface area contributed by atoms with Gasteiger partial charge in [-0.05, 0) is 12.8 Å². The lowest BCUT2D eigenvalue weighted by molar-refractivity contribution is -0.142. The normalized spacial score (nSPS) is 37.5. The molecule has 11 heavy (non-hydrogen) atoms. The van der Waals surface area contributed by atoms with Crippen LogP contribution in [0.5, 0.6) is 0 Å². The molecule has 2 rings (SSSR count). The molecule has 60 valence electrons. The third-order valence-corrected chi connectivity index (χ3v) is 2.92. The number of carbonyl (C=O) groups is 2. The summed E-state index contributed by atoms with van der Waals surface area (Å²) >= 11 is 0. The Balaban J connectivity index is 2.11. The van der Waals surface area contributed by atoms with E-state index in [4.69, 9.17) is 0 Å². The minimum absolute atomic E-state index is 0.130. The Hall–Kier alpha value is -0.660. The molecule has 2 saturated carbocycles. The molecule has 0 spiro atoms. The van der Waals surface area contributed by atoms with Crippen LogP contribution in [0.2, 0.25) is 0 Å². The molecule has 0 aliphatic heterocycles. The van der Waals surface area contributed by atoms with Gasteiger partial charge in [-0.25, -0.2) is 0 Å². The van der Waals surface area contributed by atoms with Gasteiger partial charge in [0.15, 0.2) is 0 Å². The van der Waals surface area contributed by atoms with Gasteiger partial charge in [-0.2, -0.15) is 0 Å². The molecule has 2 aliphatic rings. The standard InChI is InChI=1S/C9H12O2/c10-8-4-2-1-3-6-7(8)5-9(6)11/h6-7H,1-5H2. The van der Waals surface area contributed by atoms with E-state index in [1.165, 1.54) is 0 Å². The van der Waals surface area contributed by atoms with Crippen LogP contribution >= 0.6 is 0 Å². The summed E-state index contributed by atoms with van der Waals surface area (Å²) in [5, 5.41) is 0. The van der Waals surface area contributed by atoms with Gasteiger partial charge in [0.1, 0.15) is 11.6 Å². The molecule has 0 saturated heterocycles. The van der Waals surface area contributed by atoms with Crippen LogP contribution in [0, 0.1) is 11.8 Å². The predicted octanol–water partition coefficient (Wildman–Crippen LogP) is 1.33. The molecule has 2 fully saturated rings. The van der Waals surface area contributed by atoms with E-state index in [2.05, 4.69) is 0 Å². The van der Waals surface area contributed by atoms with Crippen LogP contribution in [-0.4, -0.2) is 11.6 Å². The number of ketones is 2. The van der Waals surface area contributed by atoms with E-state index >= 15 is 0 Å². The van der Waals surface area contributed by atoms with Crippen LogP contribution in [0.25, 0.3) is 0 Å². The Morgan fingerprint density at radius 1 is 1.00 bits per heavy atom. The van der Waals surface area contributed by atoms with E-state index in [-0.39, 0.29) is 11.8 Å². The summed E-state index contributed by atoms with van der Waals surface area (Å²) in [5.74, 6) is 0.923. The van der Waals surface area contributed by atoms with Crippen molar-refractivity contribution in [3.63, 3.8) is 0 Å². The summed E-state index contributed by atoms with van der Waals surface area (Å²) in [6, 6.07) is 0. The Labute approximate surface area is 66.0 Å². The summed E-state index contributed by atoms with van der Waals surface area (Å²) in [7, 11) is 0. The van der Waals surface area contributed by atoms with Crippen molar-refractivity contribution < 1.29 is 9.59 Å². The smallest absolute Gasteiger partial charge is 0.137 e. The number of hydrogen-bond donors (Lipinski definition) is 0. The number of carbonyl (C=O) groups excluding carboxylic acids is 2. The maximum atomic E-state index is 11.3. The molecule has 0 aromatic carbocycles. The third kappa shape index (κ3) is 1.01. The maximum absolute atomic E-state index is 11.3. The first-order valence-electron chi connectivity index (χ1n) is 4.34. The lowest BCUT2D eigenvalue weighted by Gasteiger charge is -2.31. The van der Waals surface area contributed by atoms with E-state index in [0.717, 1.165) is 19.3 Å². The van der Waals surface area contributed by atoms with Crippen molar-refractivity contribution in [3.8, 4) is 0 Å². The minimum atomic E-state index is 0.130. The van der Waals surface area contributed by atoms with E-state index in [1.807, 2.05) is 0 Å². The van der Waals surface area contributed by atoms with Crippen molar-refractivity contribution in [1.82, 2.24) is 0 Å². The lowest BCUT2D eigenvalue weighted by atomic mass is 9.69. The van der Waals surface area contributed by atoms with Gasteiger partial charge in [0.05, 0.1) is 0 Å². The monoisotopic (exact) mass is 152 g/mol. The minimum Gasteiger partial charge on any atom is -0.299 e. The maximum Gasteiger partial charge on any atom is 0.137 e. The van der Waals surface area contributed by atoms with Crippen molar-refractivity contribution in [1.29, 1.82) is 0 Å². The first kappa shape index (κ1) is 7.01. The second-order valence-electron chi connectivity index (χ2n) is 3.60. The quantitative estimate of drug-likeness (QED) is 0.524. The molecule has 0 N–H and O–H groups in total. The van der Waals surface area contributed by atoms with Crippen LogP contribution in [0.4, 0.5) is 0 Å². The zero-order chi connectivity index (χ0) is 7.84. The molecule has 2 aliphatic carbocycles. The Morgan fingerprint density at radius 3 is 2.55 bits per heavy atom. The van der Waals surface area contributed by atoms with Crippen LogP contribution in [0.1, 0.15) is 32.1 Å². The molecule has 0 aromatic heterocycles. The summed E-state index contributed by atoms with van der Waals surface area (Å²) in [6.07, 6.45) is 4.30. The molecule has 2 atom stereocenters. The highest BCUT2D eigenvalue weighted by molar-refractivity contribution is 5.99. The van der Waals surface area contributed by atoms with Gasteiger partial charge in [-0.1, -0.05) is 6.42 Å². The number of fused-ring (bicyclic) bond motifs is 1. The largest absolute Gasteiger partial charge is 0.299 e. The van der Waals surface area contributed by atoms with Crippen LogP contribution in [-0.2, 0) is 9.59 Å². The van der Waals surface area contributed by atoms with Gasteiger partial charge >= 0.3 is 0 Å². The van der Waals surface area contributed by atoms with Gasteiger partial charge in [0.2, 0.25) is 0 Å². The first-order chi connectivity index (χ1) is 5.29. The van der Waals surface area contributed by atoms with Crippen molar-refractivity contribution >= 4 is 11.6 Å². The van der Waals surface area contributed by atoms with Crippen molar-refractivity contribution in [2.45, 2.75) is 32.1 Å². The molecule has 2 heteroatoms. The van der Waals surface area contributed by atoms with E-state index in [1.54, 1.807) is 0 Å². The zero-order valence-electron chi connectivity index (χ0n) is 6.51. The Bertz CT molecular complexity index is 208. The average molecular weight is 152 g/mol. The topological polar surface area (TPSA) is 34.1 Å². The van der Waals surface area contributed by atoms with E-state index in [0.29, 0.717) is 24.4 Å². The molecule has 2 nitrogen and oxygen atoms in total. The van der Waals surface area contributed by atoms with Crippen LogP contribution in [0.3, 0.4) is 0 Å². The van der Waals surface area contributed by atoms with Crippen molar-refractivity contribution in [2.24, 2.45) is 11.8 Å². The van der Waals surface area contributed by atoms with Crippen molar-refractivity contribution in [2.75, 3.05) is 0 Å². The van der Waals surface area contributed by atoms with Gasteiger partial charge in [-0.3, -0.25) is 9.59 Å². The highest BCUT2D eigenvalue weighted by Gasteiger charge is 2.43. The van der Waals surface area contributed by atoms with Crippen LogP contribution in [0.15, 0.2) is 0 Å². The average Bonchev–Trinajstić information content (AvgIpc) is 2.11. The molecule has 0 heterocycles. The zero-order valence-corrected chi connectivity index (χ0v) is 6.51. The second kappa shape index (κ2) is 2.43.